The van der Waals surface area contributed by atoms with Crippen molar-refractivity contribution >= 4 is 19.0 Å². The van der Waals surface area contributed by atoms with E-state index in [0.29, 0.717) is 11.1 Å². The van der Waals surface area contributed by atoms with E-state index in [0.717, 1.165) is 19.4 Å². The molecule has 1 radical (unpaired) electrons. The average molecular weight is 296 g/mol. The van der Waals surface area contributed by atoms with Crippen molar-refractivity contribution in [2.24, 2.45) is 0 Å². The van der Waals surface area contributed by atoms with Gasteiger partial charge in [-0.1, -0.05) is 58.0 Å². The Labute approximate surface area is 122 Å². The topological polar surface area (TPSA) is 18.5 Å². The van der Waals surface area contributed by atoms with Crippen molar-refractivity contribution in [1.82, 2.24) is 0 Å². The highest BCUT2D eigenvalue weighted by Gasteiger charge is 2.20. The lowest BCUT2D eigenvalue weighted by Gasteiger charge is -2.19. The zero-order valence-electron chi connectivity index (χ0n) is 12.7. The molecule has 0 spiro atoms. The van der Waals surface area contributed by atoms with Crippen molar-refractivity contribution in [2.75, 3.05) is 6.61 Å². The summed E-state index contributed by atoms with van der Waals surface area (Å²) in [5, 5.41) is 0. The molecule has 0 fully saturated rings. The molecule has 0 amide bonds. The SMILES string of the molecule is CC(C)[SiH2]O[Si](OCCCc1ccccc1)C(C)C. The predicted octanol–water partition coefficient (Wildman–Crippen LogP) is 3.46. The van der Waals surface area contributed by atoms with Gasteiger partial charge in [-0.25, -0.2) is 0 Å². The molecular formula is C15H27O2Si2. The van der Waals surface area contributed by atoms with Gasteiger partial charge in [0.1, 0.15) is 0 Å². The van der Waals surface area contributed by atoms with Crippen molar-refractivity contribution < 1.29 is 8.54 Å². The minimum absolute atomic E-state index is 0.409. The first-order valence-corrected chi connectivity index (χ1v) is 10.0. The van der Waals surface area contributed by atoms with Crippen LogP contribution < -0.4 is 0 Å². The molecule has 0 unspecified atom stereocenters. The fourth-order valence-electron chi connectivity index (χ4n) is 1.72. The van der Waals surface area contributed by atoms with Gasteiger partial charge in [0.25, 0.3) is 0 Å². The van der Waals surface area contributed by atoms with E-state index >= 15 is 0 Å². The summed E-state index contributed by atoms with van der Waals surface area (Å²) in [5.74, 6) is 0. The van der Waals surface area contributed by atoms with Crippen LogP contribution in [0.2, 0.25) is 11.1 Å². The first-order valence-electron chi connectivity index (χ1n) is 7.26. The highest BCUT2D eigenvalue weighted by Crippen LogP contribution is 2.12. The third kappa shape index (κ3) is 7.67. The Balaban J connectivity index is 2.21. The number of benzene rings is 1. The molecule has 1 aromatic rings. The summed E-state index contributed by atoms with van der Waals surface area (Å²) < 4.78 is 12.0. The van der Waals surface area contributed by atoms with E-state index in [9.17, 15) is 0 Å². The summed E-state index contributed by atoms with van der Waals surface area (Å²) in [5.41, 5.74) is 2.64. The lowest BCUT2D eigenvalue weighted by molar-refractivity contribution is 0.256. The molecule has 4 heteroatoms. The second kappa shape index (κ2) is 9.47. The van der Waals surface area contributed by atoms with E-state index in [4.69, 9.17) is 8.54 Å². The molecule has 0 N–H and O–H groups in total. The van der Waals surface area contributed by atoms with Crippen LogP contribution in [0.3, 0.4) is 0 Å². The average Bonchev–Trinajstić information content (AvgIpc) is 2.38. The monoisotopic (exact) mass is 295 g/mol. The van der Waals surface area contributed by atoms with Crippen LogP contribution in [-0.4, -0.2) is 25.7 Å². The number of hydrogen-bond donors (Lipinski definition) is 0. The van der Waals surface area contributed by atoms with E-state index in [2.05, 4.69) is 58.0 Å². The Bertz CT molecular complexity index is 328. The Morgan fingerprint density at radius 2 is 1.79 bits per heavy atom. The molecule has 0 aliphatic rings. The molecule has 1 aromatic carbocycles. The summed E-state index contributed by atoms with van der Waals surface area (Å²) in [4.78, 5) is 0. The van der Waals surface area contributed by atoms with Crippen LogP contribution in [0.4, 0.5) is 0 Å². The number of hydrogen-bond acceptors (Lipinski definition) is 2. The quantitative estimate of drug-likeness (QED) is 0.513. The predicted molar refractivity (Wildman–Crippen MR) is 86.3 cm³/mol. The van der Waals surface area contributed by atoms with Crippen LogP contribution in [0.15, 0.2) is 30.3 Å². The smallest absolute Gasteiger partial charge is 0.376 e. The second-order valence-electron chi connectivity index (χ2n) is 5.62. The highest BCUT2D eigenvalue weighted by molar-refractivity contribution is 6.54. The molecule has 107 valence electrons. The first-order chi connectivity index (χ1) is 9.09. The zero-order chi connectivity index (χ0) is 14.1. The molecule has 2 nitrogen and oxygen atoms in total. The Morgan fingerprint density at radius 1 is 1.11 bits per heavy atom. The van der Waals surface area contributed by atoms with Gasteiger partial charge in [0.15, 0.2) is 9.76 Å². The lowest BCUT2D eigenvalue weighted by atomic mass is 10.1. The van der Waals surface area contributed by atoms with Crippen LogP contribution in [0, 0.1) is 0 Å². The molecule has 0 aliphatic carbocycles. The van der Waals surface area contributed by atoms with E-state index in [1.165, 1.54) is 5.56 Å². The largest absolute Gasteiger partial charge is 0.440 e. The lowest BCUT2D eigenvalue weighted by Crippen LogP contribution is -2.29. The van der Waals surface area contributed by atoms with Gasteiger partial charge in [-0.3, -0.25) is 0 Å². The fraction of sp³-hybridized carbons (Fsp3) is 0.600. The standard InChI is InChI=1S/C15H27O2Si2/c1-13(2)18-17-19(14(3)4)16-12-8-11-15-9-6-5-7-10-15/h5-7,9-10,13-14H,8,11-12,18H2,1-4H3. The summed E-state index contributed by atoms with van der Waals surface area (Å²) in [6.07, 6.45) is 2.17. The third-order valence-corrected chi connectivity index (χ3v) is 6.63. The summed E-state index contributed by atoms with van der Waals surface area (Å²) in [6, 6.07) is 10.6. The molecule has 0 saturated carbocycles. The molecule has 19 heavy (non-hydrogen) atoms. The summed E-state index contributed by atoms with van der Waals surface area (Å²) >= 11 is 0. The zero-order valence-corrected chi connectivity index (χ0v) is 15.1. The van der Waals surface area contributed by atoms with Gasteiger partial charge in [-0.15, -0.1) is 0 Å². The summed E-state index contributed by atoms with van der Waals surface area (Å²) in [6.45, 7) is 9.72. The minimum atomic E-state index is -1.05. The van der Waals surface area contributed by atoms with Crippen LogP contribution >= 0.6 is 0 Å². The van der Waals surface area contributed by atoms with Gasteiger partial charge in [-0.2, -0.15) is 0 Å². The van der Waals surface area contributed by atoms with Crippen LogP contribution in [0.25, 0.3) is 0 Å². The van der Waals surface area contributed by atoms with Crippen LogP contribution in [0.1, 0.15) is 39.7 Å². The minimum Gasteiger partial charge on any atom is -0.440 e. The molecule has 0 saturated heterocycles. The highest BCUT2D eigenvalue weighted by atomic mass is 28.4. The number of aryl methyl sites for hydroxylation is 1. The molecule has 0 heterocycles. The molecule has 0 bridgehead atoms. The van der Waals surface area contributed by atoms with Gasteiger partial charge in [0, 0.05) is 6.61 Å². The van der Waals surface area contributed by atoms with Crippen molar-refractivity contribution in [2.45, 2.75) is 51.6 Å². The van der Waals surface area contributed by atoms with Crippen LogP contribution in [0.5, 0.6) is 0 Å². The summed E-state index contributed by atoms with van der Waals surface area (Å²) in [7, 11) is -1.46. The van der Waals surface area contributed by atoms with Gasteiger partial charge in [0.2, 0.25) is 0 Å². The van der Waals surface area contributed by atoms with Gasteiger partial charge < -0.3 is 8.54 Å². The van der Waals surface area contributed by atoms with Crippen LogP contribution in [-0.2, 0) is 15.0 Å². The Hall–Kier alpha value is -0.426. The third-order valence-electron chi connectivity index (χ3n) is 2.73. The normalized spacial score (nSPS) is 12.4. The van der Waals surface area contributed by atoms with E-state index in [1.807, 2.05) is 0 Å². The molecule has 1 rings (SSSR count). The molecule has 0 aliphatic heterocycles. The van der Waals surface area contributed by atoms with Gasteiger partial charge >= 0.3 is 9.28 Å². The maximum Gasteiger partial charge on any atom is 0.376 e. The maximum absolute atomic E-state index is 6.04. The Morgan fingerprint density at radius 3 is 2.37 bits per heavy atom. The molecule has 0 atom stereocenters. The van der Waals surface area contributed by atoms with E-state index in [1.54, 1.807) is 0 Å². The van der Waals surface area contributed by atoms with Gasteiger partial charge in [-0.05, 0) is 29.5 Å². The van der Waals surface area contributed by atoms with Crippen molar-refractivity contribution in [3.8, 4) is 0 Å². The second-order valence-corrected chi connectivity index (χ2v) is 10.8. The van der Waals surface area contributed by atoms with Gasteiger partial charge in [0.05, 0.1) is 0 Å². The van der Waals surface area contributed by atoms with E-state index < -0.39 is 19.0 Å². The van der Waals surface area contributed by atoms with Crippen molar-refractivity contribution in [1.29, 1.82) is 0 Å². The Kier molecular flexibility index (Phi) is 8.29. The van der Waals surface area contributed by atoms with Crippen molar-refractivity contribution in [3.63, 3.8) is 0 Å². The fourth-order valence-corrected chi connectivity index (χ4v) is 6.05. The maximum atomic E-state index is 6.04. The first kappa shape index (κ1) is 16.6. The van der Waals surface area contributed by atoms with E-state index in [-0.39, 0.29) is 0 Å². The molecular weight excluding hydrogens is 268 g/mol. The number of rotatable bonds is 9. The molecule has 0 aromatic heterocycles. The van der Waals surface area contributed by atoms with Crippen molar-refractivity contribution in [3.05, 3.63) is 35.9 Å².